The molecule has 230 valence electrons. The van der Waals surface area contributed by atoms with E-state index in [4.69, 9.17) is 11.6 Å². The van der Waals surface area contributed by atoms with Crippen LogP contribution in [0.4, 0.5) is 23.2 Å². The lowest BCUT2D eigenvalue weighted by Crippen LogP contribution is -2.52. The molecule has 7 nitrogen and oxygen atoms in total. The fourth-order valence-electron chi connectivity index (χ4n) is 4.90. The molecule has 0 spiro atoms. The van der Waals surface area contributed by atoms with Crippen molar-refractivity contribution in [1.29, 1.82) is 0 Å². The summed E-state index contributed by atoms with van der Waals surface area (Å²) in [6.45, 7) is 0.00435. The molecule has 3 aromatic carbocycles. The van der Waals surface area contributed by atoms with Gasteiger partial charge in [0.25, 0.3) is 10.0 Å². The van der Waals surface area contributed by atoms with E-state index in [-0.39, 0.29) is 21.5 Å². The molecule has 1 fully saturated rings. The molecule has 0 bridgehead atoms. The highest BCUT2D eigenvalue weighted by molar-refractivity contribution is 7.92. The molecule has 1 atom stereocenters. The molecular formula is C30H30ClF4N3O4S. The number of nitrogens with one attached hydrogen (secondary N) is 1. The van der Waals surface area contributed by atoms with Crippen molar-refractivity contribution in [1.82, 2.24) is 10.2 Å². The van der Waals surface area contributed by atoms with E-state index >= 15 is 0 Å². The van der Waals surface area contributed by atoms with Crippen molar-refractivity contribution in [2.45, 2.75) is 62.3 Å². The molecule has 1 aliphatic rings. The van der Waals surface area contributed by atoms with E-state index in [1.54, 1.807) is 12.1 Å². The van der Waals surface area contributed by atoms with Crippen LogP contribution >= 0.6 is 11.6 Å². The summed E-state index contributed by atoms with van der Waals surface area (Å²) in [6.07, 6.45) is -1.45. The first-order valence-corrected chi connectivity index (χ1v) is 15.4. The highest BCUT2D eigenvalue weighted by atomic mass is 35.5. The normalized spacial score (nSPS) is 14.7. The first-order chi connectivity index (χ1) is 20.3. The van der Waals surface area contributed by atoms with Crippen molar-refractivity contribution in [2.75, 3.05) is 10.8 Å². The summed E-state index contributed by atoms with van der Waals surface area (Å²) in [5.74, 6) is -2.13. The molecule has 0 heterocycles. The number of halogens is 5. The summed E-state index contributed by atoms with van der Waals surface area (Å²) >= 11 is 6.24. The van der Waals surface area contributed by atoms with Crippen molar-refractivity contribution in [3.05, 3.63) is 94.8 Å². The molecule has 0 aliphatic heterocycles. The van der Waals surface area contributed by atoms with Gasteiger partial charge in [-0.05, 0) is 56.2 Å². The maximum absolute atomic E-state index is 14.7. The predicted molar refractivity (Wildman–Crippen MR) is 154 cm³/mol. The van der Waals surface area contributed by atoms with Crippen LogP contribution in [-0.4, -0.2) is 43.8 Å². The molecule has 1 aliphatic carbocycles. The number of carbonyl (C=O) groups is 2. The van der Waals surface area contributed by atoms with Gasteiger partial charge in [-0.1, -0.05) is 60.8 Å². The molecule has 0 radical (unpaired) electrons. The van der Waals surface area contributed by atoms with Crippen LogP contribution in [0, 0.1) is 5.82 Å². The number of carbonyl (C=O) groups excluding carboxylic acids is 2. The summed E-state index contributed by atoms with van der Waals surface area (Å²) in [4.78, 5) is 27.9. The van der Waals surface area contributed by atoms with Crippen molar-refractivity contribution in [3.8, 4) is 0 Å². The molecule has 0 aromatic heterocycles. The lowest BCUT2D eigenvalue weighted by Gasteiger charge is -2.33. The second-order valence-corrected chi connectivity index (χ2v) is 12.5. The molecule has 1 N–H and O–H groups in total. The van der Waals surface area contributed by atoms with Crippen molar-refractivity contribution < 1.29 is 35.6 Å². The van der Waals surface area contributed by atoms with Gasteiger partial charge in [0.15, 0.2) is 0 Å². The highest BCUT2D eigenvalue weighted by Gasteiger charge is 2.37. The van der Waals surface area contributed by atoms with E-state index in [9.17, 15) is 35.6 Å². The molecule has 3 aromatic rings. The standard InChI is InChI=1S/C30H30ClF4N3O4S/c1-20(29(40)36-23-10-6-7-11-23)37(18-21-9-5-8-14-26(21)32)28(39)19-38(43(41,42)24-12-3-2-4-13-24)27-17-22(30(33,34)35)15-16-25(27)31/h2-5,8-9,12-17,20,23H,6-7,10-11,18-19H2,1H3,(H,36,40)/t20-/m0/s1. The van der Waals surface area contributed by atoms with Crippen LogP contribution in [0.15, 0.2) is 77.7 Å². The quantitative estimate of drug-likeness (QED) is 0.269. The van der Waals surface area contributed by atoms with Crippen LogP contribution in [0.25, 0.3) is 0 Å². The van der Waals surface area contributed by atoms with Gasteiger partial charge < -0.3 is 10.2 Å². The lowest BCUT2D eigenvalue weighted by atomic mass is 10.1. The van der Waals surface area contributed by atoms with Gasteiger partial charge in [0, 0.05) is 18.2 Å². The van der Waals surface area contributed by atoms with Crippen LogP contribution < -0.4 is 9.62 Å². The minimum absolute atomic E-state index is 0.0611. The van der Waals surface area contributed by atoms with Gasteiger partial charge in [0.1, 0.15) is 18.4 Å². The highest BCUT2D eigenvalue weighted by Crippen LogP contribution is 2.37. The fourth-order valence-corrected chi connectivity index (χ4v) is 6.61. The Balaban J connectivity index is 1.77. The Kier molecular flexibility index (Phi) is 10.0. The van der Waals surface area contributed by atoms with E-state index in [1.807, 2.05) is 0 Å². The van der Waals surface area contributed by atoms with Crippen molar-refractivity contribution >= 4 is 39.1 Å². The van der Waals surface area contributed by atoms with Crippen molar-refractivity contribution in [3.63, 3.8) is 0 Å². The van der Waals surface area contributed by atoms with Gasteiger partial charge in [0.05, 0.1) is 21.2 Å². The van der Waals surface area contributed by atoms with E-state index in [2.05, 4.69) is 5.32 Å². The molecule has 4 rings (SSSR count). The van der Waals surface area contributed by atoms with Crippen LogP contribution in [0.1, 0.15) is 43.7 Å². The second-order valence-electron chi connectivity index (χ2n) is 10.3. The van der Waals surface area contributed by atoms with E-state index in [1.165, 1.54) is 49.4 Å². The Bertz CT molecular complexity index is 1570. The number of rotatable bonds is 10. The Hall–Kier alpha value is -3.64. The zero-order chi connectivity index (χ0) is 31.4. The average molecular weight is 640 g/mol. The molecule has 0 saturated heterocycles. The summed E-state index contributed by atoms with van der Waals surface area (Å²) < 4.78 is 83.8. The van der Waals surface area contributed by atoms with Gasteiger partial charge in [0.2, 0.25) is 11.8 Å². The molecule has 13 heteroatoms. The number of hydrogen-bond acceptors (Lipinski definition) is 4. The second kappa shape index (κ2) is 13.3. The number of benzene rings is 3. The third kappa shape index (κ3) is 7.66. The van der Waals surface area contributed by atoms with Crippen molar-refractivity contribution in [2.24, 2.45) is 0 Å². The number of anilines is 1. The van der Waals surface area contributed by atoms with Crippen LogP contribution in [0.2, 0.25) is 5.02 Å². The maximum Gasteiger partial charge on any atom is 0.416 e. The van der Waals surface area contributed by atoms with Gasteiger partial charge >= 0.3 is 6.18 Å². The average Bonchev–Trinajstić information content (AvgIpc) is 3.48. The number of amides is 2. The Morgan fingerprint density at radius 1 is 1.00 bits per heavy atom. The summed E-state index contributed by atoms with van der Waals surface area (Å²) in [5, 5.41) is 2.53. The number of sulfonamides is 1. The summed E-state index contributed by atoms with van der Waals surface area (Å²) in [7, 11) is -4.65. The molecular weight excluding hydrogens is 610 g/mol. The summed E-state index contributed by atoms with van der Waals surface area (Å²) in [5.41, 5.74) is -1.70. The summed E-state index contributed by atoms with van der Waals surface area (Å²) in [6, 6.07) is 13.3. The van der Waals surface area contributed by atoms with Gasteiger partial charge in [-0.2, -0.15) is 13.2 Å². The number of hydrogen-bond donors (Lipinski definition) is 1. The Labute approximate surface area is 252 Å². The third-order valence-electron chi connectivity index (χ3n) is 7.32. The van der Waals surface area contributed by atoms with Gasteiger partial charge in [-0.15, -0.1) is 0 Å². The molecule has 43 heavy (non-hydrogen) atoms. The van der Waals surface area contributed by atoms with Crippen LogP contribution in [0.3, 0.4) is 0 Å². The largest absolute Gasteiger partial charge is 0.416 e. The zero-order valence-electron chi connectivity index (χ0n) is 23.2. The predicted octanol–water partition coefficient (Wildman–Crippen LogP) is 6.17. The number of alkyl halides is 3. The smallest absolute Gasteiger partial charge is 0.352 e. The van der Waals surface area contributed by atoms with E-state index < -0.39 is 64.2 Å². The third-order valence-corrected chi connectivity index (χ3v) is 9.41. The molecule has 1 saturated carbocycles. The fraction of sp³-hybridized carbons (Fsp3) is 0.333. The van der Waals surface area contributed by atoms with Crippen LogP contribution in [0.5, 0.6) is 0 Å². The minimum atomic E-state index is -4.84. The lowest BCUT2D eigenvalue weighted by molar-refractivity contribution is -0.139. The van der Waals surface area contributed by atoms with Gasteiger partial charge in [-0.25, -0.2) is 12.8 Å². The maximum atomic E-state index is 14.7. The molecule has 0 unspecified atom stereocenters. The topological polar surface area (TPSA) is 86.8 Å². The van der Waals surface area contributed by atoms with E-state index in [0.29, 0.717) is 16.4 Å². The first-order valence-electron chi connectivity index (χ1n) is 13.6. The number of nitrogens with zero attached hydrogens (tertiary/aromatic N) is 2. The monoisotopic (exact) mass is 639 g/mol. The Morgan fingerprint density at radius 3 is 2.26 bits per heavy atom. The van der Waals surface area contributed by atoms with Gasteiger partial charge in [-0.3, -0.25) is 13.9 Å². The zero-order valence-corrected chi connectivity index (χ0v) is 24.7. The minimum Gasteiger partial charge on any atom is -0.352 e. The first kappa shape index (κ1) is 32.3. The SMILES string of the molecule is C[C@@H](C(=O)NC1CCCC1)N(Cc1ccccc1F)C(=O)CN(c1cc(C(F)(F)F)ccc1Cl)S(=O)(=O)c1ccccc1. The van der Waals surface area contributed by atoms with Crippen LogP contribution in [-0.2, 0) is 32.3 Å². The van der Waals surface area contributed by atoms with E-state index in [0.717, 1.165) is 36.6 Å². The molecule has 2 amide bonds. The Morgan fingerprint density at radius 2 is 1.63 bits per heavy atom.